The summed E-state index contributed by atoms with van der Waals surface area (Å²) in [6.07, 6.45) is 1.59. The summed E-state index contributed by atoms with van der Waals surface area (Å²) in [6.45, 7) is 0. The molecule has 22 heavy (non-hydrogen) atoms. The summed E-state index contributed by atoms with van der Waals surface area (Å²) in [7, 11) is 0. The molecule has 0 aliphatic rings. The van der Waals surface area contributed by atoms with Crippen molar-refractivity contribution in [2.24, 2.45) is 0 Å². The number of rotatable bonds is 3. The molecule has 0 saturated carbocycles. The van der Waals surface area contributed by atoms with E-state index in [-0.39, 0.29) is 0 Å². The zero-order chi connectivity index (χ0) is 14.9. The van der Waals surface area contributed by atoms with E-state index in [2.05, 4.69) is 19.9 Å². The second-order valence-electron chi connectivity index (χ2n) is 4.65. The zero-order valence-corrected chi connectivity index (χ0v) is 13.1. The molecule has 4 aromatic rings. The first-order chi connectivity index (χ1) is 10.8. The monoisotopic (exact) mass is 325 g/mol. The lowest BCUT2D eigenvalue weighted by Gasteiger charge is -2.05. The van der Waals surface area contributed by atoms with E-state index in [0.29, 0.717) is 17.4 Å². The summed E-state index contributed by atoms with van der Waals surface area (Å²) in [6, 6.07) is 9.80. The summed E-state index contributed by atoms with van der Waals surface area (Å²) in [5.41, 5.74) is 6.89. The van der Waals surface area contributed by atoms with E-state index >= 15 is 0 Å². The molecule has 0 spiro atoms. The van der Waals surface area contributed by atoms with Crippen LogP contribution in [0.5, 0.6) is 0 Å². The number of para-hydroxylation sites is 1. The Bertz CT molecular complexity index is 966. The SMILES string of the molecule is Nc1nc(CSc2ncnc3sccc23)nc2ccccc12. The highest BCUT2D eigenvalue weighted by Crippen LogP contribution is 2.29. The van der Waals surface area contributed by atoms with E-state index in [1.165, 1.54) is 0 Å². The van der Waals surface area contributed by atoms with Gasteiger partial charge in [-0.25, -0.2) is 19.9 Å². The Morgan fingerprint density at radius 3 is 2.91 bits per heavy atom. The fourth-order valence-electron chi connectivity index (χ4n) is 2.23. The molecule has 4 rings (SSSR count). The van der Waals surface area contributed by atoms with Gasteiger partial charge in [-0.05, 0) is 23.6 Å². The molecule has 3 aromatic heterocycles. The van der Waals surface area contributed by atoms with Crippen LogP contribution in [0.2, 0.25) is 0 Å². The maximum atomic E-state index is 6.02. The summed E-state index contributed by atoms with van der Waals surface area (Å²) in [4.78, 5) is 18.6. The molecule has 0 aliphatic carbocycles. The van der Waals surface area contributed by atoms with Crippen molar-refractivity contribution in [3.05, 3.63) is 47.9 Å². The number of benzene rings is 1. The van der Waals surface area contributed by atoms with Gasteiger partial charge in [-0.2, -0.15) is 0 Å². The first-order valence-electron chi connectivity index (χ1n) is 6.63. The maximum absolute atomic E-state index is 6.02. The van der Waals surface area contributed by atoms with Crippen LogP contribution >= 0.6 is 23.1 Å². The molecular formula is C15H11N5S2. The predicted molar refractivity (Wildman–Crippen MR) is 90.9 cm³/mol. The Balaban J connectivity index is 1.65. The Hall–Kier alpha value is -2.25. The van der Waals surface area contributed by atoms with Crippen LogP contribution in [0.25, 0.3) is 21.1 Å². The number of thiophene rings is 1. The highest BCUT2D eigenvalue weighted by atomic mass is 32.2. The van der Waals surface area contributed by atoms with Gasteiger partial charge in [0.15, 0.2) is 0 Å². The van der Waals surface area contributed by atoms with Crippen LogP contribution in [0.3, 0.4) is 0 Å². The summed E-state index contributed by atoms with van der Waals surface area (Å²) < 4.78 is 0. The molecule has 0 saturated heterocycles. The molecule has 0 bridgehead atoms. The molecule has 7 heteroatoms. The van der Waals surface area contributed by atoms with E-state index in [9.17, 15) is 0 Å². The molecule has 0 atom stereocenters. The van der Waals surface area contributed by atoms with E-state index in [1.54, 1.807) is 29.4 Å². The van der Waals surface area contributed by atoms with Gasteiger partial charge in [0.05, 0.1) is 11.3 Å². The van der Waals surface area contributed by atoms with Crippen molar-refractivity contribution in [1.29, 1.82) is 0 Å². The second-order valence-corrected chi connectivity index (χ2v) is 6.51. The third kappa shape index (κ3) is 2.38. The Morgan fingerprint density at radius 1 is 1.05 bits per heavy atom. The van der Waals surface area contributed by atoms with Crippen molar-refractivity contribution in [1.82, 2.24) is 19.9 Å². The average molecular weight is 325 g/mol. The van der Waals surface area contributed by atoms with Gasteiger partial charge in [0.25, 0.3) is 0 Å². The van der Waals surface area contributed by atoms with Crippen molar-refractivity contribution in [2.75, 3.05) is 5.73 Å². The van der Waals surface area contributed by atoms with Crippen LogP contribution in [0, 0.1) is 0 Å². The second kappa shape index (κ2) is 5.51. The van der Waals surface area contributed by atoms with Crippen LogP contribution in [0.4, 0.5) is 5.82 Å². The predicted octanol–water partition coefficient (Wildman–Crippen LogP) is 3.51. The van der Waals surface area contributed by atoms with Crippen molar-refractivity contribution < 1.29 is 0 Å². The number of aromatic nitrogens is 4. The van der Waals surface area contributed by atoms with Gasteiger partial charge in [-0.15, -0.1) is 11.3 Å². The third-order valence-corrected chi connectivity index (χ3v) is 5.06. The topological polar surface area (TPSA) is 77.6 Å². The minimum Gasteiger partial charge on any atom is -0.383 e. The summed E-state index contributed by atoms with van der Waals surface area (Å²) >= 11 is 3.21. The Morgan fingerprint density at radius 2 is 1.95 bits per heavy atom. The van der Waals surface area contributed by atoms with Gasteiger partial charge < -0.3 is 5.73 Å². The molecule has 0 radical (unpaired) electrons. The molecule has 0 amide bonds. The average Bonchev–Trinajstić information content (AvgIpc) is 3.02. The molecule has 0 unspecified atom stereocenters. The molecule has 108 valence electrons. The van der Waals surface area contributed by atoms with Gasteiger partial charge in [-0.1, -0.05) is 23.9 Å². The van der Waals surface area contributed by atoms with Crippen LogP contribution in [0.1, 0.15) is 5.82 Å². The number of anilines is 1. The molecule has 3 heterocycles. The number of hydrogen-bond acceptors (Lipinski definition) is 7. The van der Waals surface area contributed by atoms with Crippen LogP contribution < -0.4 is 5.73 Å². The lowest BCUT2D eigenvalue weighted by molar-refractivity contribution is 1.06. The lowest BCUT2D eigenvalue weighted by atomic mass is 10.2. The minimum absolute atomic E-state index is 0.518. The Kier molecular flexibility index (Phi) is 3.36. The summed E-state index contributed by atoms with van der Waals surface area (Å²) in [5.74, 6) is 1.85. The fourth-order valence-corrected chi connectivity index (χ4v) is 3.86. The number of nitrogens with two attached hydrogens (primary N) is 1. The van der Waals surface area contributed by atoms with Gasteiger partial charge in [-0.3, -0.25) is 0 Å². The van der Waals surface area contributed by atoms with E-state index in [1.807, 2.05) is 35.7 Å². The maximum Gasteiger partial charge on any atom is 0.141 e. The van der Waals surface area contributed by atoms with Gasteiger partial charge in [0.2, 0.25) is 0 Å². The first kappa shape index (κ1) is 13.4. The standard InChI is InChI=1S/C15H11N5S2/c16-13-9-3-1-2-4-11(9)19-12(20-13)7-22-15-10-5-6-21-14(10)17-8-18-15/h1-6,8H,7H2,(H2,16,19,20). The highest BCUT2D eigenvalue weighted by molar-refractivity contribution is 7.98. The lowest BCUT2D eigenvalue weighted by Crippen LogP contribution is -2.00. The van der Waals surface area contributed by atoms with E-state index < -0.39 is 0 Å². The van der Waals surface area contributed by atoms with Crippen molar-refractivity contribution in [3.8, 4) is 0 Å². The van der Waals surface area contributed by atoms with Crippen LogP contribution in [-0.4, -0.2) is 19.9 Å². The first-order valence-corrected chi connectivity index (χ1v) is 8.50. The van der Waals surface area contributed by atoms with E-state index in [0.717, 1.165) is 26.1 Å². The van der Waals surface area contributed by atoms with Gasteiger partial charge in [0, 0.05) is 10.8 Å². The number of nitrogens with zero attached hydrogens (tertiary/aromatic N) is 4. The smallest absolute Gasteiger partial charge is 0.141 e. The third-order valence-electron chi connectivity index (χ3n) is 3.24. The largest absolute Gasteiger partial charge is 0.383 e. The van der Waals surface area contributed by atoms with Crippen LogP contribution in [-0.2, 0) is 5.75 Å². The zero-order valence-electron chi connectivity index (χ0n) is 11.4. The highest BCUT2D eigenvalue weighted by Gasteiger charge is 2.09. The van der Waals surface area contributed by atoms with Crippen molar-refractivity contribution >= 4 is 50.0 Å². The van der Waals surface area contributed by atoms with Gasteiger partial charge in [0.1, 0.15) is 27.8 Å². The van der Waals surface area contributed by atoms with Crippen molar-refractivity contribution in [2.45, 2.75) is 10.8 Å². The molecule has 0 fully saturated rings. The molecule has 5 nitrogen and oxygen atoms in total. The molecule has 2 N–H and O–H groups in total. The number of fused-ring (bicyclic) bond motifs is 2. The van der Waals surface area contributed by atoms with Crippen molar-refractivity contribution in [3.63, 3.8) is 0 Å². The van der Waals surface area contributed by atoms with Crippen LogP contribution in [0.15, 0.2) is 47.1 Å². The normalized spacial score (nSPS) is 11.3. The van der Waals surface area contributed by atoms with Gasteiger partial charge >= 0.3 is 0 Å². The van der Waals surface area contributed by atoms with E-state index in [4.69, 9.17) is 5.73 Å². The fraction of sp³-hybridized carbons (Fsp3) is 0.0667. The summed E-state index contributed by atoms with van der Waals surface area (Å²) in [5, 5.41) is 4.93. The number of thioether (sulfide) groups is 1. The molecule has 1 aromatic carbocycles. The quantitative estimate of drug-likeness (QED) is 0.459. The molecular weight excluding hydrogens is 314 g/mol. The Labute approximate surface area is 134 Å². The minimum atomic E-state index is 0.518. The molecule has 0 aliphatic heterocycles. The number of nitrogen functional groups attached to an aromatic ring is 1. The number of hydrogen-bond donors (Lipinski definition) is 1.